The highest BCUT2D eigenvalue weighted by atomic mass is 19.4. The van der Waals surface area contributed by atoms with E-state index in [-0.39, 0.29) is 18.7 Å². The highest BCUT2D eigenvalue weighted by Gasteiger charge is 2.53. The Hall–Kier alpha value is -2.13. The minimum Gasteiger partial charge on any atom is -0.383 e. The SMILES string of the molecule is COCCNC(=O)[C@@H]1COC2(CCCCC2)N1C(=O)c1cccc(C(F)(F)F)c1. The molecular formula is C20H25F3N2O4. The first-order valence-corrected chi connectivity index (χ1v) is 9.70. The van der Waals surface area contributed by atoms with Crippen molar-refractivity contribution in [2.45, 2.75) is 50.0 Å². The van der Waals surface area contributed by atoms with Crippen LogP contribution in [-0.2, 0) is 20.4 Å². The predicted octanol–water partition coefficient (Wildman–Crippen LogP) is 2.97. The summed E-state index contributed by atoms with van der Waals surface area (Å²) >= 11 is 0. The number of nitrogens with zero attached hydrogens (tertiary/aromatic N) is 1. The first kappa shape index (κ1) is 21.6. The Balaban J connectivity index is 1.91. The molecule has 9 heteroatoms. The Morgan fingerprint density at radius 2 is 2.00 bits per heavy atom. The van der Waals surface area contributed by atoms with Crippen LogP contribution in [0, 0.1) is 0 Å². The maximum absolute atomic E-state index is 13.3. The van der Waals surface area contributed by atoms with E-state index in [0.717, 1.165) is 31.4 Å². The lowest BCUT2D eigenvalue weighted by molar-refractivity contribution is -0.137. The minimum atomic E-state index is -4.56. The molecule has 1 aromatic rings. The summed E-state index contributed by atoms with van der Waals surface area (Å²) in [5.41, 5.74) is -1.96. The van der Waals surface area contributed by atoms with Crippen molar-refractivity contribution in [2.24, 2.45) is 0 Å². The first-order valence-electron chi connectivity index (χ1n) is 9.70. The van der Waals surface area contributed by atoms with Gasteiger partial charge in [0.15, 0.2) is 0 Å². The molecule has 2 aliphatic rings. The van der Waals surface area contributed by atoms with Gasteiger partial charge in [-0.25, -0.2) is 0 Å². The van der Waals surface area contributed by atoms with E-state index >= 15 is 0 Å². The maximum atomic E-state index is 13.3. The van der Waals surface area contributed by atoms with Gasteiger partial charge in [-0.2, -0.15) is 13.2 Å². The van der Waals surface area contributed by atoms with Gasteiger partial charge >= 0.3 is 6.18 Å². The van der Waals surface area contributed by atoms with E-state index in [0.29, 0.717) is 19.4 Å². The maximum Gasteiger partial charge on any atom is 0.416 e. The highest BCUT2D eigenvalue weighted by molar-refractivity contribution is 5.98. The van der Waals surface area contributed by atoms with Crippen LogP contribution in [-0.4, -0.2) is 55.3 Å². The molecule has 6 nitrogen and oxygen atoms in total. The second kappa shape index (κ2) is 8.71. The van der Waals surface area contributed by atoms with E-state index in [1.807, 2.05) is 0 Å². The zero-order valence-electron chi connectivity index (χ0n) is 16.3. The molecule has 1 saturated carbocycles. The summed E-state index contributed by atoms with van der Waals surface area (Å²) in [6.45, 7) is 0.597. The van der Waals surface area contributed by atoms with Gasteiger partial charge < -0.3 is 14.8 Å². The summed E-state index contributed by atoms with van der Waals surface area (Å²) < 4.78 is 50.2. The topological polar surface area (TPSA) is 67.9 Å². The monoisotopic (exact) mass is 414 g/mol. The Morgan fingerprint density at radius 1 is 1.28 bits per heavy atom. The molecule has 29 heavy (non-hydrogen) atoms. The number of methoxy groups -OCH3 is 1. The molecule has 0 unspecified atom stereocenters. The Labute approximate surface area is 167 Å². The largest absolute Gasteiger partial charge is 0.416 e. The molecule has 1 aromatic carbocycles. The number of benzene rings is 1. The van der Waals surface area contributed by atoms with Gasteiger partial charge in [0.1, 0.15) is 11.8 Å². The lowest BCUT2D eigenvalue weighted by Gasteiger charge is -2.41. The highest BCUT2D eigenvalue weighted by Crippen LogP contribution is 2.41. The van der Waals surface area contributed by atoms with E-state index in [2.05, 4.69) is 5.32 Å². The van der Waals surface area contributed by atoms with Crippen LogP contribution in [0.2, 0.25) is 0 Å². The lowest BCUT2D eigenvalue weighted by atomic mass is 9.89. The van der Waals surface area contributed by atoms with Crippen LogP contribution in [0.15, 0.2) is 24.3 Å². The molecule has 1 saturated heterocycles. The zero-order chi connectivity index (χ0) is 21.1. The molecular weight excluding hydrogens is 389 g/mol. The van der Waals surface area contributed by atoms with Crippen LogP contribution in [0.3, 0.4) is 0 Å². The molecule has 0 aromatic heterocycles. The van der Waals surface area contributed by atoms with Crippen molar-refractivity contribution in [3.8, 4) is 0 Å². The van der Waals surface area contributed by atoms with Crippen molar-refractivity contribution in [1.82, 2.24) is 10.2 Å². The van der Waals surface area contributed by atoms with Crippen molar-refractivity contribution in [1.29, 1.82) is 0 Å². The summed E-state index contributed by atoms with van der Waals surface area (Å²) in [6, 6.07) is 3.40. The van der Waals surface area contributed by atoms with Gasteiger partial charge in [-0.1, -0.05) is 12.5 Å². The van der Waals surface area contributed by atoms with E-state index in [4.69, 9.17) is 9.47 Å². The second-order valence-corrected chi connectivity index (χ2v) is 7.37. The molecule has 1 N–H and O–H groups in total. The number of carbonyl (C=O) groups is 2. The van der Waals surface area contributed by atoms with Crippen LogP contribution in [0.1, 0.15) is 48.0 Å². The molecule has 0 radical (unpaired) electrons. The fraction of sp³-hybridized carbons (Fsp3) is 0.600. The first-order chi connectivity index (χ1) is 13.8. The van der Waals surface area contributed by atoms with Crippen LogP contribution in [0.4, 0.5) is 13.2 Å². The van der Waals surface area contributed by atoms with Crippen LogP contribution < -0.4 is 5.32 Å². The average Bonchev–Trinajstić information content (AvgIpc) is 3.06. The molecule has 1 spiro atoms. The van der Waals surface area contributed by atoms with Gasteiger partial charge in [0, 0.05) is 19.2 Å². The Bertz CT molecular complexity index is 747. The number of nitrogens with one attached hydrogen (secondary N) is 1. The Morgan fingerprint density at radius 3 is 2.66 bits per heavy atom. The summed E-state index contributed by atoms with van der Waals surface area (Å²) in [6.07, 6.45) is -0.813. The minimum absolute atomic E-state index is 0.0174. The Kier molecular flexibility index (Phi) is 6.48. The quantitative estimate of drug-likeness (QED) is 0.753. The van der Waals surface area contributed by atoms with Gasteiger partial charge in [0.2, 0.25) is 5.91 Å². The molecule has 1 aliphatic carbocycles. The number of alkyl halides is 3. The number of amides is 2. The number of hydrogen-bond donors (Lipinski definition) is 1. The van der Waals surface area contributed by atoms with E-state index < -0.39 is 35.3 Å². The third-order valence-electron chi connectivity index (χ3n) is 5.46. The van der Waals surface area contributed by atoms with Crippen LogP contribution in [0.25, 0.3) is 0 Å². The normalized spacial score (nSPS) is 21.4. The average molecular weight is 414 g/mol. The molecule has 160 valence electrons. The molecule has 0 bridgehead atoms. The predicted molar refractivity (Wildman–Crippen MR) is 98.1 cm³/mol. The number of ether oxygens (including phenoxy) is 2. The second-order valence-electron chi connectivity index (χ2n) is 7.37. The van der Waals surface area contributed by atoms with Crippen LogP contribution in [0.5, 0.6) is 0 Å². The summed E-state index contributed by atoms with van der Waals surface area (Å²) in [5.74, 6) is -1.02. The number of rotatable bonds is 5. The molecule has 1 aliphatic heterocycles. The molecule has 3 rings (SSSR count). The van der Waals surface area contributed by atoms with E-state index in [1.165, 1.54) is 24.1 Å². The van der Waals surface area contributed by atoms with Crippen molar-refractivity contribution in [2.75, 3.05) is 26.9 Å². The fourth-order valence-corrected chi connectivity index (χ4v) is 4.03. The number of halogens is 3. The summed E-state index contributed by atoms with van der Waals surface area (Å²) in [7, 11) is 1.51. The molecule has 2 fully saturated rings. The van der Waals surface area contributed by atoms with Gasteiger partial charge in [0.25, 0.3) is 5.91 Å². The van der Waals surface area contributed by atoms with Crippen molar-refractivity contribution < 1.29 is 32.2 Å². The molecule has 1 heterocycles. The van der Waals surface area contributed by atoms with Crippen molar-refractivity contribution in [3.05, 3.63) is 35.4 Å². The molecule has 2 amide bonds. The third kappa shape index (κ3) is 4.56. The van der Waals surface area contributed by atoms with Gasteiger partial charge in [-0.3, -0.25) is 14.5 Å². The van der Waals surface area contributed by atoms with Gasteiger partial charge in [0.05, 0.1) is 18.8 Å². The van der Waals surface area contributed by atoms with Crippen molar-refractivity contribution in [3.63, 3.8) is 0 Å². The zero-order valence-corrected chi connectivity index (χ0v) is 16.3. The van der Waals surface area contributed by atoms with Crippen molar-refractivity contribution >= 4 is 11.8 Å². The van der Waals surface area contributed by atoms with E-state index in [9.17, 15) is 22.8 Å². The fourth-order valence-electron chi connectivity index (χ4n) is 4.03. The summed E-state index contributed by atoms with van der Waals surface area (Å²) in [5, 5.41) is 2.70. The van der Waals surface area contributed by atoms with Gasteiger partial charge in [-0.05, 0) is 43.9 Å². The molecule has 1 atom stereocenters. The number of carbonyl (C=O) groups excluding carboxylic acids is 2. The lowest BCUT2D eigenvalue weighted by Crippen LogP contribution is -2.56. The summed E-state index contributed by atoms with van der Waals surface area (Å²) in [4.78, 5) is 27.4. The van der Waals surface area contributed by atoms with E-state index in [1.54, 1.807) is 0 Å². The smallest absolute Gasteiger partial charge is 0.383 e. The standard InChI is InChI=1S/C20H25F3N2O4/c1-28-11-10-24-17(26)16-13-29-19(8-3-2-4-9-19)25(16)18(27)14-6-5-7-15(12-14)20(21,22)23/h5-7,12,16H,2-4,8-11,13H2,1H3,(H,24,26)/t16-/m0/s1. The third-order valence-corrected chi connectivity index (χ3v) is 5.46. The number of hydrogen-bond acceptors (Lipinski definition) is 4. The van der Waals surface area contributed by atoms with Crippen LogP contribution >= 0.6 is 0 Å². The van der Waals surface area contributed by atoms with Gasteiger partial charge in [-0.15, -0.1) is 0 Å².